The number of aliphatic hydroxyl groups excluding tert-OH is 1. The lowest BCUT2D eigenvalue weighted by Gasteiger charge is -2.18. The highest BCUT2D eigenvalue weighted by molar-refractivity contribution is 7.90. The van der Waals surface area contributed by atoms with E-state index in [2.05, 4.69) is 21.8 Å². The molecule has 0 radical (unpaired) electrons. The Morgan fingerprint density at radius 1 is 1.18 bits per heavy atom. The highest BCUT2D eigenvalue weighted by Crippen LogP contribution is 2.22. The molecule has 1 aromatic carbocycles. The number of hydrogen-bond donors (Lipinski definition) is 4. The van der Waals surface area contributed by atoms with Crippen molar-refractivity contribution in [2.24, 2.45) is 11.1 Å². The van der Waals surface area contributed by atoms with Crippen molar-refractivity contribution in [1.82, 2.24) is 14.3 Å². The molecule has 11 nitrogen and oxygen atoms in total. The van der Waals surface area contributed by atoms with Crippen LogP contribution in [0.5, 0.6) is 0 Å². The molecular formula is C21H30ClF3N4O7S2. The van der Waals surface area contributed by atoms with Crippen LogP contribution in [0.15, 0.2) is 29.2 Å². The summed E-state index contributed by atoms with van der Waals surface area (Å²) in [7, 11) is -9.32. The molecule has 216 valence electrons. The van der Waals surface area contributed by atoms with Gasteiger partial charge in [0.25, 0.3) is 0 Å². The molecule has 0 bridgehead atoms. The van der Waals surface area contributed by atoms with Crippen LogP contribution in [-0.4, -0.2) is 54.1 Å². The summed E-state index contributed by atoms with van der Waals surface area (Å²) in [6.45, 7) is 5.47. The maximum atomic E-state index is 12.6. The second kappa shape index (κ2) is 13.7. The Balaban J connectivity index is 0.000000781. The number of imidazole rings is 1. The van der Waals surface area contributed by atoms with Crippen molar-refractivity contribution in [3.05, 3.63) is 46.5 Å². The Kier molecular flexibility index (Phi) is 12.2. The van der Waals surface area contributed by atoms with Crippen LogP contribution in [0.3, 0.4) is 0 Å². The van der Waals surface area contributed by atoms with Crippen LogP contribution in [-0.2, 0) is 44.4 Å². The summed E-state index contributed by atoms with van der Waals surface area (Å²) >= 11 is 6.15. The molecule has 0 saturated carbocycles. The maximum absolute atomic E-state index is 12.6. The van der Waals surface area contributed by atoms with E-state index in [1.54, 1.807) is 26.0 Å². The van der Waals surface area contributed by atoms with E-state index in [9.17, 15) is 45.0 Å². The van der Waals surface area contributed by atoms with Gasteiger partial charge >= 0.3 is 21.5 Å². The smallest absolute Gasteiger partial charge is 0.480 e. The Hall–Kier alpha value is -2.24. The quantitative estimate of drug-likeness (QED) is 0.301. The molecule has 0 spiro atoms. The van der Waals surface area contributed by atoms with Crippen molar-refractivity contribution in [1.29, 1.82) is 0 Å². The summed E-state index contributed by atoms with van der Waals surface area (Å²) in [5.41, 5.74) is -4.00. The molecule has 5 N–H and O–H groups in total. The molecule has 0 unspecified atom stereocenters. The number of alkyl halides is 3. The van der Waals surface area contributed by atoms with E-state index in [1.807, 2.05) is 4.57 Å². The number of aromatic nitrogens is 2. The van der Waals surface area contributed by atoms with Gasteiger partial charge in [0.05, 0.1) is 17.2 Å². The number of carboxylic acid groups (broad SMARTS) is 1. The van der Waals surface area contributed by atoms with Crippen LogP contribution >= 0.6 is 11.6 Å². The number of hydrogen-bond acceptors (Lipinski definition) is 7. The Morgan fingerprint density at radius 2 is 1.71 bits per heavy atom. The van der Waals surface area contributed by atoms with Crippen molar-refractivity contribution in [3.63, 3.8) is 0 Å². The molecule has 1 heterocycles. The van der Waals surface area contributed by atoms with E-state index in [0.29, 0.717) is 12.2 Å². The third-order valence-corrected chi connectivity index (χ3v) is 7.52. The predicted molar refractivity (Wildman–Crippen MR) is 133 cm³/mol. The highest BCUT2D eigenvalue weighted by Gasteiger charge is 2.42. The number of aliphatic carboxylic acids is 1. The number of nitrogens with two attached hydrogens (primary N) is 1. The first-order valence-electron chi connectivity index (χ1n) is 11.1. The number of rotatable bonds is 11. The first kappa shape index (κ1) is 33.8. The number of unbranched alkanes of at least 4 members (excludes halogenated alkanes) is 1. The second-order valence-corrected chi connectivity index (χ2v) is 12.1. The minimum atomic E-state index is -5.34. The molecule has 1 aromatic heterocycles. The first-order valence-corrected chi connectivity index (χ1v) is 14.5. The third-order valence-electron chi connectivity index (χ3n) is 5.12. The summed E-state index contributed by atoms with van der Waals surface area (Å²) in [4.78, 5) is 15.6. The topological polar surface area (TPSA) is 182 Å². The zero-order chi connectivity index (χ0) is 29.5. The Morgan fingerprint density at radius 3 is 2.11 bits per heavy atom. The largest absolute Gasteiger partial charge is 0.511 e. The van der Waals surface area contributed by atoms with Crippen molar-refractivity contribution in [2.75, 3.05) is 0 Å². The van der Waals surface area contributed by atoms with E-state index in [4.69, 9.17) is 11.6 Å². The number of aliphatic hydroxyl groups is 1. The molecule has 17 heteroatoms. The molecule has 0 aliphatic rings. The van der Waals surface area contributed by atoms with Crippen LogP contribution in [0.1, 0.15) is 50.7 Å². The van der Waals surface area contributed by atoms with Gasteiger partial charge in [-0.1, -0.05) is 50.9 Å². The zero-order valence-corrected chi connectivity index (χ0v) is 23.1. The van der Waals surface area contributed by atoms with Gasteiger partial charge in [-0.25, -0.2) is 27.0 Å². The number of sulfonamides is 2. The summed E-state index contributed by atoms with van der Waals surface area (Å²) in [5, 5.41) is 22.8. The Labute approximate surface area is 223 Å². The third kappa shape index (κ3) is 9.50. The predicted octanol–water partition coefficient (Wildman–Crippen LogP) is 2.60. The fourth-order valence-corrected chi connectivity index (χ4v) is 4.63. The standard InChI is InChI=1S/C20H28ClN3O5S.CH2F3NO2S/c1-4-5-6-17-22-19(21)16(12-25)24(17)11-14-7-9-15(10-8-14)30(28,29)23-18(13(2)3)20(26)27;2-1(3,4)8(5,6)7/h7-10,13,18,23,25H,4-6,11-12H2,1-3H3,(H,26,27);(H2,5,6,7)/t18-;/m1./s1. The van der Waals surface area contributed by atoms with Gasteiger partial charge in [0.1, 0.15) is 11.9 Å². The molecule has 2 aromatic rings. The Bertz CT molecular complexity index is 1300. The van der Waals surface area contributed by atoms with Gasteiger partial charge in [0.15, 0.2) is 5.15 Å². The summed E-state index contributed by atoms with van der Waals surface area (Å²) in [5.74, 6) is -0.857. The number of carboxylic acids is 1. The van der Waals surface area contributed by atoms with Gasteiger partial charge in [0.2, 0.25) is 10.0 Å². The molecule has 0 saturated heterocycles. The molecule has 2 rings (SSSR count). The number of aryl methyl sites for hydroxylation is 1. The number of carbonyl (C=O) groups is 1. The molecule has 0 aliphatic heterocycles. The monoisotopic (exact) mass is 606 g/mol. The first-order chi connectivity index (χ1) is 17.4. The van der Waals surface area contributed by atoms with Crippen LogP contribution in [0, 0.1) is 5.92 Å². The average molecular weight is 607 g/mol. The minimum absolute atomic E-state index is 0.0181. The summed E-state index contributed by atoms with van der Waals surface area (Å²) in [6.07, 6.45) is 2.65. The molecule has 38 heavy (non-hydrogen) atoms. The van der Waals surface area contributed by atoms with Crippen LogP contribution in [0.4, 0.5) is 13.2 Å². The number of primary sulfonamides is 1. The van der Waals surface area contributed by atoms with Gasteiger partial charge in [-0.05, 0) is 30.0 Å². The van der Waals surface area contributed by atoms with Crippen molar-refractivity contribution >= 4 is 37.6 Å². The molecule has 1 atom stereocenters. The van der Waals surface area contributed by atoms with Gasteiger partial charge in [-0.15, -0.1) is 0 Å². The normalized spacial score (nSPS) is 13.2. The van der Waals surface area contributed by atoms with E-state index in [-0.39, 0.29) is 16.7 Å². The van der Waals surface area contributed by atoms with E-state index in [0.717, 1.165) is 30.7 Å². The van der Waals surface area contributed by atoms with Crippen LogP contribution in [0.25, 0.3) is 0 Å². The van der Waals surface area contributed by atoms with Gasteiger partial charge < -0.3 is 14.8 Å². The summed E-state index contributed by atoms with van der Waals surface area (Å²) in [6, 6.07) is 4.95. The zero-order valence-electron chi connectivity index (χ0n) is 20.7. The van der Waals surface area contributed by atoms with E-state index < -0.39 is 43.5 Å². The number of nitrogens with zero attached hydrogens (tertiary/aromatic N) is 2. The van der Waals surface area contributed by atoms with Crippen LogP contribution in [0.2, 0.25) is 5.15 Å². The fourth-order valence-electron chi connectivity index (χ4n) is 3.03. The average Bonchev–Trinajstić information content (AvgIpc) is 3.09. The summed E-state index contributed by atoms with van der Waals surface area (Å²) < 4.78 is 80.4. The number of halogens is 4. The van der Waals surface area contributed by atoms with Crippen LogP contribution < -0.4 is 9.86 Å². The lowest BCUT2D eigenvalue weighted by molar-refractivity contribution is -0.140. The SMILES string of the molecule is CCCCc1nc(Cl)c(CO)n1Cc1ccc(S(=O)(=O)N[C@@H](C(=O)O)C(C)C)cc1.NS(=O)(=O)C(F)(F)F. The van der Waals surface area contributed by atoms with Crippen molar-refractivity contribution in [3.8, 4) is 0 Å². The van der Waals surface area contributed by atoms with Gasteiger partial charge in [-0.2, -0.15) is 17.9 Å². The number of nitrogens with one attached hydrogen (secondary N) is 1. The molecule has 0 fully saturated rings. The number of benzene rings is 1. The van der Waals surface area contributed by atoms with Gasteiger partial charge in [-0.3, -0.25) is 4.79 Å². The lowest BCUT2D eigenvalue weighted by Crippen LogP contribution is -2.44. The van der Waals surface area contributed by atoms with E-state index in [1.165, 1.54) is 12.1 Å². The van der Waals surface area contributed by atoms with E-state index >= 15 is 0 Å². The minimum Gasteiger partial charge on any atom is -0.480 e. The fraction of sp³-hybridized carbons (Fsp3) is 0.524. The highest BCUT2D eigenvalue weighted by atomic mass is 35.5. The van der Waals surface area contributed by atoms with Gasteiger partial charge in [0, 0.05) is 13.0 Å². The molecule has 0 amide bonds. The maximum Gasteiger partial charge on any atom is 0.511 e. The lowest BCUT2D eigenvalue weighted by atomic mass is 10.1. The van der Waals surface area contributed by atoms with Crippen molar-refractivity contribution in [2.45, 2.75) is 69.6 Å². The molecular weight excluding hydrogens is 577 g/mol. The van der Waals surface area contributed by atoms with Crippen molar-refractivity contribution < 1.29 is 45.0 Å². The second-order valence-electron chi connectivity index (χ2n) is 8.43. The molecule has 0 aliphatic carbocycles.